The third-order valence-corrected chi connectivity index (χ3v) is 8.13. The Morgan fingerprint density at radius 2 is 1.79 bits per heavy atom. The number of alkyl halides is 3. The number of benzene rings is 1. The molecule has 0 spiro atoms. The SMILES string of the molecule is C=S1(=O)CCC(C(=O)N2CCN(c3ncc(C(F)(F)F)cn3)CC2c2cccc(F)c2)CC1. The van der Waals surface area contributed by atoms with Crippen LogP contribution in [-0.2, 0) is 20.5 Å². The highest BCUT2D eigenvalue weighted by Crippen LogP contribution is 2.32. The summed E-state index contributed by atoms with van der Waals surface area (Å²) in [6.07, 6.45) is -2.10. The molecule has 4 rings (SSSR count). The van der Waals surface area contributed by atoms with Crippen molar-refractivity contribution in [2.45, 2.75) is 25.1 Å². The number of carbonyl (C=O) groups excluding carboxylic acids is 1. The monoisotopic (exact) mass is 484 g/mol. The van der Waals surface area contributed by atoms with E-state index < -0.39 is 33.1 Å². The van der Waals surface area contributed by atoms with E-state index in [1.165, 1.54) is 12.1 Å². The van der Waals surface area contributed by atoms with E-state index in [0.29, 0.717) is 36.5 Å². The van der Waals surface area contributed by atoms with Gasteiger partial charge in [0.1, 0.15) is 5.82 Å². The Morgan fingerprint density at radius 3 is 2.39 bits per heavy atom. The summed E-state index contributed by atoms with van der Waals surface area (Å²) in [5, 5.41) is 0. The van der Waals surface area contributed by atoms with Crippen LogP contribution in [0.3, 0.4) is 0 Å². The molecule has 1 aromatic heterocycles. The minimum Gasteiger partial charge on any atom is -0.337 e. The number of hydrogen-bond donors (Lipinski definition) is 0. The van der Waals surface area contributed by atoms with Crippen molar-refractivity contribution >= 4 is 27.2 Å². The highest BCUT2D eigenvalue weighted by Gasteiger charge is 2.37. The summed E-state index contributed by atoms with van der Waals surface area (Å²) in [6.45, 7) is 0.807. The van der Waals surface area contributed by atoms with E-state index in [0.717, 1.165) is 12.4 Å². The van der Waals surface area contributed by atoms with Crippen molar-refractivity contribution in [1.29, 1.82) is 0 Å². The lowest BCUT2D eigenvalue weighted by Gasteiger charge is -2.43. The second-order valence-electron chi connectivity index (χ2n) is 8.47. The van der Waals surface area contributed by atoms with Gasteiger partial charge < -0.3 is 9.80 Å². The fraction of sp³-hybridized carbons (Fsp3) is 0.455. The summed E-state index contributed by atoms with van der Waals surface area (Å²) in [4.78, 5) is 24.5. The van der Waals surface area contributed by atoms with Gasteiger partial charge in [-0.25, -0.2) is 14.4 Å². The van der Waals surface area contributed by atoms with Crippen LogP contribution in [0.4, 0.5) is 23.5 Å². The Kier molecular flexibility index (Phi) is 6.35. The molecule has 1 amide bonds. The molecule has 0 bridgehead atoms. The van der Waals surface area contributed by atoms with Crippen LogP contribution >= 0.6 is 0 Å². The molecule has 0 saturated carbocycles. The zero-order valence-electron chi connectivity index (χ0n) is 17.8. The zero-order chi connectivity index (χ0) is 23.8. The minimum absolute atomic E-state index is 0.0906. The molecule has 1 atom stereocenters. The van der Waals surface area contributed by atoms with Gasteiger partial charge in [-0.2, -0.15) is 13.2 Å². The van der Waals surface area contributed by atoms with Gasteiger partial charge in [-0.05, 0) is 45.9 Å². The average molecular weight is 485 g/mol. The van der Waals surface area contributed by atoms with Crippen LogP contribution < -0.4 is 4.90 Å². The molecular formula is C22H24F4N4O2S. The normalized spacial score (nSPS) is 26.3. The molecule has 0 radical (unpaired) electrons. The van der Waals surface area contributed by atoms with Crippen molar-refractivity contribution in [2.24, 2.45) is 5.92 Å². The molecular weight excluding hydrogens is 460 g/mol. The van der Waals surface area contributed by atoms with E-state index in [-0.39, 0.29) is 30.9 Å². The highest BCUT2D eigenvalue weighted by atomic mass is 32.2. The van der Waals surface area contributed by atoms with Gasteiger partial charge in [0.05, 0.1) is 11.6 Å². The van der Waals surface area contributed by atoms with Gasteiger partial charge >= 0.3 is 6.18 Å². The molecule has 2 saturated heterocycles. The van der Waals surface area contributed by atoms with Crippen LogP contribution in [0.15, 0.2) is 36.7 Å². The zero-order valence-corrected chi connectivity index (χ0v) is 18.6. The van der Waals surface area contributed by atoms with Crippen molar-refractivity contribution in [3.63, 3.8) is 0 Å². The van der Waals surface area contributed by atoms with E-state index in [9.17, 15) is 26.6 Å². The van der Waals surface area contributed by atoms with Crippen molar-refractivity contribution < 1.29 is 26.6 Å². The second kappa shape index (κ2) is 8.92. The molecule has 11 heteroatoms. The maximum Gasteiger partial charge on any atom is 0.419 e. The van der Waals surface area contributed by atoms with Crippen molar-refractivity contribution in [2.75, 3.05) is 36.0 Å². The van der Waals surface area contributed by atoms with E-state index in [1.54, 1.807) is 21.9 Å². The molecule has 1 aromatic carbocycles. The average Bonchev–Trinajstić information content (AvgIpc) is 2.78. The first-order chi connectivity index (χ1) is 15.5. The lowest BCUT2D eigenvalue weighted by Crippen LogP contribution is -2.53. The quantitative estimate of drug-likeness (QED) is 0.495. The Balaban J connectivity index is 1.58. The van der Waals surface area contributed by atoms with Gasteiger partial charge in [-0.3, -0.25) is 9.00 Å². The maximum atomic E-state index is 14.0. The van der Waals surface area contributed by atoms with Crippen molar-refractivity contribution in [1.82, 2.24) is 14.9 Å². The van der Waals surface area contributed by atoms with Crippen LogP contribution in [0.1, 0.15) is 30.0 Å². The van der Waals surface area contributed by atoms with Gasteiger partial charge in [0, 0.05) is 49.5 Å². The topological polar surface area (TPSA) is 66.4 Å². The molecule has 2 aliphatic rings. The third kappa shape index (κ3) is 5.29. The molecule has 2 aliphatic heterocycles. The highest BCUT2D eigenvalue weighted by molar-refractivity contribution is 8.00. The van der Waals surface area contributed by atoms with Crippen molar-refractivity contribution in [3.05, 3.63) is 53.6 Å². The van der Waals surface area contributed by atoms with Gasteiger partial charge in [0.2, 0.25) is 11.9 Å². The number of hydrogen-bond acceptors (Lipinski definition) is 5. The smallest absolute Gasteiger partial charge is 0.337 e. The van der Waals surface area contributed by atoms with E-state index in [4.69, 9.17) is 0 Å². The molecule has 0 aliphatic carbocycles. The fourth-order valence-electron chi connectivity index (χ4n) is 4.30. The first kappa shape index (κ1) is 23.5. The van der Waals surface area contributed by atoms with E-state index in [2.05, 4.69) is 15.8 Å². The Bertz CT molecular complexity index is 1110. The van der Waals surface area contributed by atoms with Gasteiger partial charge in [0.25, 0.3) is 0 Å². The standard InChI is InChI=1S/C22H24F4N4O2S/c1-33(32)9-5-15(6-10-33)20(31)30-8-7-29(14-19(30)16-3-2-4-18(23)11-16)21-27-12-17(13-28-21)22(24,25)26/h2-4,11-13,15,19H,1,5-10,14H2. The number of halogens is 4. The number of aromatic nitrogens is 2. The van der Waals surface area contributed by atoms with E-state index >= 15 is 0 Å². The summed E-state index contributed by atoms with van der Waals surface area (Å²) >= 11 is 0. The summed E-state index contributed by atoms with van der Waals surface area (Å²) in [6, 6.07) is 5.40. The van der Waals surface area contributed by atoms with Crippen LogP contribution in [-0.4, -0.2) is 62.0 Å². The first-order valence-corrected chi connectivity index (χ1v) is 12.6. The second-order valence-corrected chi connectivity index (χ2v) is 11.2. The largest absolute Gasteiger partial charge is 0.419 e. The molecule has 33 heavy (non-hydrogen) atoms. The third-order valence-electron chi connectivity index (χ3n) is 6.17. The molecule has 0 N–H and O–H groups in total. The van der Waals surface area contributed by atoms with Gasteiger partial charge in [-0.15, -0.1) is 0 Å². The first-order valence-electron chi connectivity index (χ1n) is 10.6. The van der Waals surface area contributed by atoms with Gasteiger partial charge in [-0.1, -0.05) is 12.1 Å². The summed E-state index contributed by atoms with van der Waals surface area (Å²) in [7, 11) is -2.14. The molecule has 178 valence electrons. The molecule has 3 heterocycles. The summed E-state index contributed by atoms with van der Waals surface area (Å²) in [5.41, 5.74) is -0.363. The number of rotatable bonds is 3. The Hall–Kier alpha value is -2.69. The fourth-order valence-corrected chi connectivity index (χ4v) is 5.93. The van der Waals surface area contributed by atoms with E-state index in [1.807, 2.05) is 0 Å². The summed E-state index contributed by atoms with van der Waals surface area (Å²) < 4.78 is 64.7. The van der Waals surface area contributed by atoms with Crippen molar-refractivity contribution in [3.8, 4) is 0 Å². The van der Waals surface area contributed by atoms with Crippen LogP contribution in [0.5, 0.6) is 0 Å². The van der Waals surface area contributed by atoms with Crippen LogP contribution in [0.25, 0.3) is 0 Å². The maximum absolute atomic E-state index is 14.0. The molecule has 6 nitrogen and oxygen atoms in total. The Labute approximate surface area is 189 Å². The van der Waals surface area contributed by atoms with Crippen LogP contribution in [0.2, 0.25) is 0 Å². The minimum atomic E-state index is -4.54. The van der Waals surface area contributed by atoms with Gasteiger partial charge in [0.15, 0.2) is 0 Å². The number of anilines is 1. The van der Waals surface area contributed by atoms with Crippen LogP contribution in [0, 0.1) is 11.7 Å². The number of amides is 1. The summed E-state index contributed by atoms with van der Waals surface area (Å²) in [5.74, 6) is 3.83. The molecule has 2 fully saturated rings. The number of carbonyl (C=O) groups is 1. The predicted molar refractivity (Wildman–Crippen MR) is 118 cm³/mol. The Morgan fingerprint density at radius 1 is 1.12 bits per heavy atom. The lowest BCUT2D eigenvalue weighted by molar-refractivity contribution is -0.139. The number of piperazine rings is 1. The lowest BCUT2D eigenvalue weighted by atomic mass is 9.96. The molecule has 2 aromatic rings. The molecule has 1 unspecified atom stereocenters. The number of nitrogens with zero attached hydrogens (tertiary/aromatic N) is 4. The predicted octanol–water partition coefficient (Wildman–Crippen LogP) is 3.15.